The van der Waals surface area contributed by atoms with Crippen LogP contribution in [-0.2, 0) is 0 Å². The number of carbonyl (C=O) groups excluding carboxylic acids is 1. The van der Waals surface area contributed by atoms with Gasteiger partial charge in [-0.1, -0.05) is 67.2 Å². The molecule has 0 aliphatic heterocycles. The van der Waals surface area contributed by atoms with E-state index in [1.165, 1.54) is 32.1 Å². The Bertz CT molecular complexity index is 1340. The number of halogens is 3. The maximum Gasteiger partial charge on any atom is 0.272 e. The van der Waals surface area contributed by atoms with Gasteiger partial charge in [-0.15, -0.1) is 0 Å². The fourth-order valence-corrected chi connectivity index (χ4v) is 7.74. The molecule has 2 bridgehead atoms. The highest BCUT2D eigenvalue weighted by Crippen LogP contribution is 2.45. The van der Waals surface area contributed by atoms with Crippen LogP contribution in [0.3, 0.4) is 0 Å². The fourth-order valence-electron chi connectivity index (χ4n) is 7.13. The highest BCUT2D eigenvalue weighted by Gasteiger charge is 2.40. The third-order valence-corrected chi connectivity index (χ3v) is 9.65. The molecule has 1 amide bonds. The van der Waals surface area contributed by atoms with Gasteiger partial charge in [-0.2, -0.15) is 5.10 Å². The van der Waals surface area contributed by atoms with Crippen molar-refractivity contribution in [3.63, 3.8) is 0 Å². The number of carbonyl (C=O) groups is 1. The Morgan fingerprint density at radius 3 is 2.48 bits per heavy atom. The molecule has 2 N–H and O–H groups in total. The van der Waals surface area contributed by atoms with Gasteiger partial charge in [0, 0.05) is 33.8 Å². The molecular weight excluding hydrogens is 563 g/mol. The molecule has 8 heteroatoms. The van der Waals surface area contributed by atoms with Crippen LogP contribution in [0.15, 0.2) is 42.5 Å². The molecule has 5 unspecified atom stereocenters. The second-order valence-electron chi connectivity index (χ2n) is 11.8. The highest BCUT2D eigenvalue weighted by molar-refractivity contribution is 6.35. The Labute approximate surface area is 253 Å². The summed E-state index contributed by atoms with van der Waals surface area (Å²) in [7, 11) is 0. The molecular formula is C32H39Cl3N4O. The predicted molar refractivity (Wildman–Crippen MR) is 166 cm³/mol. The molecule has 3 aromatic rings. The summed E-state index contributed by atoms with van der Waals surface area (Å²) >= 11 is 18.9. The number of aromatic nitrogens is 2. The number of nitrogens with zero attached hydrogens (tertiary/aromatic N) is 2. The average Bonchev–Trinajstić information content (AvgIpc) is 3.26. The third kappa shape index (κ3) is 6.38. The van der Waals surface area contributed by atoms with Gasteiger partial charge in [-0.05, 0) is 99.6 Å². The Morgan fingerprint density at radius 2 is 1.75 bits per heavy atom. The molecule has 2 aromatic carbocycles. The molecule has 5 nitrogen and oxygen atoms in total. The fraction of sp³-hybridized carbons (Fsp3) is 0.500. The zero-order valence-electron chi connectivity index (χ0n) is 23.5. The molecule has 5 atom stereocenters. The van der Waals surface area contributed by atoms with Gasteiger partial charge in [0.05, 0.1) is 16.4 Å². The van der Waals surface area contributed by atoms with Crippen molar-refractivity contribution in [1.29, 1.82) is 0 Å². The van der Waals surface area contributed by atoms with E-state index in [1.54, 1.807) is 16.8 Å². The van der Waals surface area contributed by atoms with E-state index in [4.69, 9.17) is 39.9 Å². The van der Waals surface area contributed by atoms with Crippen LogP contribution in [-0.4, -0.2) is 34.8 Å². The van der Waals surface area contributed by atoms with E-state index < -0.39 is 0 Å². The van der Waals surface area contributed by atoms with E-state index >= 15 is 0 Å². The third-order valence-electron chi connectivity index (χ3n) is 8.87. The molecule has 40 heavy (non-hydrogen) atoms. The largest absolute Gasteiger partial charge is 0.351 e. The number of fused-ring (bicyclic) bond motifs is 2. The first-order chi connectivity index (χ1) is 19.2. The summed E-state index contributed by atoms with van der Waals surface area (Å²) in [6.45, 7) is 8.16. The van der Waals surface area contributed by atoms with Gasteiger partial charge in [-0.3, -0.25) is 4.79 Å². The van der Waals surface area contributed by atoms with Crippen LogP contribution in [0, 0.1) is 30.6 Å². The van der Waals surface area contributed by atoms with Gasteiger partial charge in [0.2, 0.25) is 0 Å². The van der Waals surface area contributed by atoms with E-state index in [0.717, 1.165) is 53.5 Å². The first-order valence-electron chi connectivity index (χ1n) is 14.6. The lowest BCUT2D eigenvalue weighted by Crippen LogP contribution is -2.50. The minimum atomic E-state index is -0.190. The average molecular weight is 602 g/mol. The molecule has 0 saturated heterocycles. The highest BCUT2D eigenvalue weighted by atomic mass is 35.5. The van der Waals surface area contributed by atoms with Crippen LogP contribution < -0.4 is 10.6 Å². The normalized spacial score (nSPS) is 24.2. The van der Waals surface area contributed by atoms with Crippen LogP contribution in [0.4, 0.5) is 0 Å². The minimum absolute atomic E-state index is 0.190. The Hall–Kier alpha value is -2.05. The molecule has 1 aromatic heterocycles. The first-order valence-corrected chi connectivity index (χ1v) is 15.7. The van der Waals surface area contributed by atoms with E-state index in [1.807, 2.05) is 37.3 Å². The van der Waals surface area contributed by atoms with Crippen LogP contribution in [0.25, 0.3) is 16.9 Å². The smallest absolute Gasteiger partial charge is 0.272 e. The number of nitrogens with one attached hydrogen (secondary N) is 2. The van der Waals surface area contributed by atoms with Crippen LogP contribution in [0.2, 0.25) is 15.1 Å². The van der Waals surface area contributed by atoms with Gasteiger partial charge in [0.25, 0.3) is 5.91 Å². The predicted octanol–water partition coefficient (Wildman–Crippen LogP) is 8.37. The SMILES string of the molecule is CCC1CC2CC(C)CC(C2)C1NCCCNC(=O)c1nn(-c2ccc(Cl)cc2Cl)c(-c2ccc(Cl)cc2)c1C. The van der Waals surface area contributed by atoms with Crippen molar-refractivity contribution in [2.75, 3.05) is 13.1 Å². The molecule has 2 fully saturated rings. The lowest BCUT2D eigenvalue weighted by molar-refractivity contribution is 0.0610. The monoisotopic (exact) mass is 600 g/mol. The molecule has 5 rings (SSSR count). The second kappa shape index (κ2) is 12.9. The number of benzene rings is 2. The number of rotatable bonds is 9. The van der Waals surface area contributed by atoms with E-state index in [2.05, 4.69) is 24.5 Å². The van der Waals surface area contributed by atoms with Crippen molar-refractivity contribution in [3.05, 3.63) is 68.8 Å². The van der Waals surface area contributed by atoms with Crippen molar-refractivity contribution >= 4 is 40.7 Å². The van der Waals surface area contributed by atoms with Crippen LogP contribution >= 0.6 is 34.8 Å². The summed E-state index contributed by atoms with van der Waals surface area (Å²) in [6, 6.07) is 13.4. The number of hydrogen-bond donors (Lipinski definition) is 2. The summed E-state index contributed by atoms with van der Waals surface area (Å²) in [6.07, 6.45) is 7.61. The lowest BCUT2D eigenvalue weighted by Gasteiger charge is -2.47. The lowest BCUT2D eigenvalue weighted by atomic mass is 9.62. The Balaban J connectivity index is 1.27. The van der Waals surface area contributed by atoms with Crippen molar-refractivity contribution in [2.24, 2.45) is 23.7 Å². The molecule has 2 aliphatic carbocycles. The van der Waals surface area contributed by atoms with E-state index in [-0.39, 0.29) is 5.91 Å². The quantitative estimate of drug-likeness (QED) is 0.242. The topological polar surface area (TPSA) is 58.9 Å². The van der Waals surface area contributed by atoms with Crippen molar-refractivity contribution in [1.82, 2.24) is 20.4 Å². The summed E-state index contributed by atoms with van der Waals surface area (Å²) in [5.74, 6) is 3.13. The van der Waals surface area contributed by atoms with Gasteiger partial charge in [0.1, 0.15) is 0 Å². The number of hydrogen-bond acceptors (Lipinski definition) is 3. The zero-order chi connectivity index (χ0) is 28.4. The number of amides is 1. The van der Waals surface area contributed by atoms with Gasteiger partial charge in [0.15, 0.2) is 5.69 Å². The molecule has 0 radical (unpaired) electrons. The molecule has 2 aliphatic rings. The van der Waals surface area contributed by atoms with E-state index in [9.17, 15) is 4.79 Å². The van der Waals surface area contributed by atoms with Gasteiger partial charge in [-0.25, -0.2) is 4.68 Å². The maximum absolute atomic E-state index is 13.3. The second-order valence-corrected chi connectivity index (χ2v) is 13.0. The van der Waals surface area contributed by atoms with Gasteiger partial charge < -0.3 is 10.6 Å². The van der Waals surface area contributed by atoms with Crippen LogP contribution in [0.1, 0.15) is 68.4 Å². The summed E-state index contributed by atoms with van der Waals surface area (Å²) in [5, 5.41) is 13.3. The first kappa shape index (κ1) is 29.4. The maximum atomic E-state index is 13.3. The van der Waals surface area contributed by atoms with Crippen LogP contribution in [0.5, 0.6) is 0 Å². The molecule has 214 valence electrons. The Morgan fingerprint density at radius 1 is 1.00 bits per heavy atom. The standard InChI is InChI=1S/C32H39Cl3N4O/c1-4-22-16-21-14-19(2)15-24(17-21)30(22)36-12-5-13-37-32(40)29-20(3)31(23-6-8-25(33)9-7-23)39(38-29)28-11-10-26(34)18-27(28)35/h6-11,18-19,21-22,24,30,36H,4-5,12-17H2,1-3H3,(H,37,40). The zero-order valence-corrected chi connectivity index (χ0v) is 25.8. The molecule has 1 heterocycles. The molecule has 0 spiro atoms. The van der Waals surface area contributed by atoms with E-state index in [0.29, 0.717) is 39.0 Å². The van der Waals surface area contributed by atoms with Crippen molar-refractivity contribution in [2.45, 2.75) is 65.3 Å². The van der Waals surface area contributed by atoms with Crippen molar-refractivity contribution in [3.8, 4) is 16.9 Å². The van der Waals surface area contributed by atoms with Gasteiger partial charge >= 0.3 is 0 Å². The summed E-state index contributed by atoms with van der Waals surface area (Å²) < 4.78 is 1.72. The summed E-state index contributed by atoms with van der Waals surface area (Å²) in [4.78, 5) is 13.3. The summed E-state index contributed by atoms with van der Waals surface area (Å²) in [5.41, 5.74) is 3.48. The Kier molecular flexibility index (Phi) is 9.46. The van der Waals surface area contributed by atoms with Crippen molar-refractivity contribution < 1.29 is 4.79 Å². The molecule has 2 saturated carbocycles. The minimum Gasteiger partial charge on any atom is -0.351 e.